The first-order valence-electron chi connectivity index (χ1n) is 6.75. The Bertz CT molecular complexity index is 493. The summed E-state index contributed by atoms with van der Waals surface area (Å²) in [4.78, 5) is 5.41. The van der Waals surface area contributed by atoms with Crippen LogP contribution in [0.25, 0.3) is 10.9 Å². The molecule has 0 amide bonds. The van der Waals surface area contributed by atoms with E-state index in [9.17, 15) is 0 Å². The molecule has 0 aliphatic carbocycles. The van der Waals surface area contributed by atoms with Crippen LogP contribution in [0.4, 0.5) is 0 Å². The highest BCUT2D eigenvalue weighted by molar-refractivity contribution is 5.82. The number of H-pyrrole nitrogens is 1. The third-order valence-electron chi connectivity index (χ3n) is 3.10. The third-order valence-corrected chi connectivity index (χ3v) is 3.10. The Kier molecular flexibility index (Phi) is 5.39. The van der Waals surface area contributed by atoms with Crippen LogP contribution in [0.2, 0.25) is 0 Å². The summed E-state index contributed by atoms with van der Waals surface area (Å²) in [6.07, 6.45) is 2.07. The van der Waals surface area contributed by atoms with Crippen molar-refractivity contribution in [3.63, 3.8) is 0 Å². The second-order valence-corrected chi connectivity index (χ2v) is 4.95. The zero-order valence-corrected chi connectivity index (χ0v) is 11.8. The zero-order chi connectivity index (χ0) is 13.5. The molecule has 0 unspecified atom stereocenters. The summed E-state index contributed by atoms with van der Waals surface area (Å²) >= 11 is 0. The van der Waals surface area contributed by atoms with Crippen molar-refractivity contribution in [3.8, 4) is 0 Å². The van der Waals surface area contributed by atoms with E-state index in [4.69, 9.17) is 4.74 Å². The first-order chi connectivity index (χ1) is 9.27. The average molecular weight is 261 g/mol. The summed E-state index contributed by atoms with van der Waals surface area (Å²) in [6.45, 7) is 4.29. The van der Waals surface area contributed by atoms with Gasteiger partial charge in [-0.25, -0.2) is 0 Å². The first kappa shape index (κ1) is 14.1. The Morgan fingerprint density at radius 2 is 2.05 bits per heavy atom. The topological polar surface area (TPSA) is 40.3 Å². The molecule has 4 heteroatoms. The van der Waals surface area contributed by atoms with Crippen molar-refractivity contribution in [2.24, 2.45) is 0 Å². The van der Waals surface area contributed by atoms with E-state index in [1.54, 1.807) is 0 Å². The van der Waals surface area contributed by atoms with Crippen LogP contribution in [0.3, 0.4) is 0 Å². The third kappa shape index (κ3) is 4.35. The fraction of sp³-hybridized carbons (Fsp3) is 0.467. The lowest BCUT2D eigenvalue weighted by molar-refractivity contribution is 0.119. The monoisotopic (exact) mass is 261 g/mol. The van der Waals surface area contributed by atoms with Crippen LogP contribution >= 0.6 is 0 Å². The van der Waals surface area contributed by atoms with Gasteiger partial charge in [-0.15, -0.1) is 0 Å². The molecule has 0 bridgehead atoms. The quantitative estimate of drug-likeness (QED) is 0.712. The highest BCUT2D eigenvalue weighted by atomic mass is 16.5. The molecule has 4 nitrogen and oxygen atoms in total. The van der Waals surface area contributed by atoms with E-state index in [0.717, 1.165) is 32.8 Å². The van der Waals surface area contributed by atoms with Crippen molar-refractivity contribution in [3.05, 3.63) is 36.0 Å². The summed E-state index contributed by atoms with van der Waals surface area (Å²) in [7, 11) is 4.11. The number of hydrogen-bond acceptors (Lipinski definition) is 3. The maximum Gasteiger partial charge on any atom is 0.0593 e. The van der Waals surface area contributed by atoms with Gasteiger partial charge in [0.15, 0.2) is 0 Å². The van der Waals surface area contributed by atoms with Crippen LogP contribution in [-0.4, -0.2) is 50.3 Å². The second kappa shape index (κ2) is 7.28. The number of benzene rings is 1. The molecule has 0 radical (unpaired) electrons. The molecular weight excluding hydrogens is 238 g/mol. The molecule has 0 fully saturated rings. The predicted molar refractivity (Wildman–Crippen MR) is 79.4 cm³/mol. The van der Waals surface area contributed by atoms with E-state index in [0.29, 0.717) is 0 Å². The minimum atomic E-state index is 0.760. The maximum atomic E-state index is 5.54. The van der Waals surface area contributed by atoms with Crippen LogP contribution in [0.15, 0.2) is 30.5 Å². The minimum Gasteiger partial charge on any atom is -0.379 e. The van der Waals surface area contributed by atoms with Crippen LogP contribution in [0.1, 0.15) is 5.56 Å². The van der Waals surface area contributed by atoms with Gasteiger partial charge in [-0.05, 0) is 25.7 Å². The summed E-state index contributed by atoms with van der Waals surface area (Å²) in [5, 5.41) is 4.70. The van der Waals surface area contributed by atoms with Crippen molar-refractivity contribution in [1.82, 2.24) is 15.2 Å². The average Bonchev–Trinajstić information content (AvgIpc) is 2.81. The number of ether oxygens (including phenoxy) is 1. The van der Waals surface area contributed by atoms with E-state index in [1.165, 1.54) is 16.5 Å². The number of para-hydroxylation sites is 1. The Labute approximate surface area is 114 Å². The number of hydrogen-bond donors (Lipinski definition) is 2. The molecule has 1 aromatic heterocycles. The zero-order valence-electron chi connectivity index (χ0n) is 11.8. The number of likely N-dealkylation sites (N-methyl/N-ethyl adjacent to an activating group) is 1. The summed E-state index contributed by atoms with van der Waals surface area (Å²) < 4.78 is 5.54. The molecule has 19 heavy (non-hydrogen) atoms. The van der Waals surface area contributed by atoms with Crippen LogP contribution in [0.5, 0.6) is 0 Å². The molecular formula is C15H23N3O. The number of aromatic nitrogens is 1. The molecule has 0 atom stereocenters. The molecule has 0 saturated heterocycles. The van der Waals surface area contributed by atoms with Gasteiger partial charge in [0.25, 0.3) is 0 Å². The van der Waals surface area contributed by atoms with Gasteiger partial charge in [0.1, 0.15) is 0 Å². The van der Waals surface area contributed by atoms with Gasteiger partial charge in [0.05, 0.1) is 13.2 Å². The smallest absolute Gasteiger partial charge is 0.0593 e. The van der Waals surface area contributed by atoms with Crippen molar-refractivity contribution in [2.75, 3.05) is 40.4 Å². The molecule has 0 aliphatic heterocycles. The number of nitrogens with zero attached hydrogens (tertiary/aromatic N) is 1. The summed E-state index contributed by atoms with van der Waals surface area (Å²) in [5.74, 6) is 0. The van der Waals surface area contributed by atoms with Gasteiger partial charge in [0.2, 0.25) is 0 Å². The van der Waals surface area contributed by atoms with E-state index < -0.39 is 0 Å². The van der Waals surface area contributed by atoms with Gasteiger partial charge >= 0.3 is 0 Å². The van der Waals surface area contributed by atoms with E-state index >= 15 is 0 Å². The molecule has 2 N–H and O–H groups in total. The number of fused-ring (bicyclic) bond motifs is 1. The Morgan fingerprint density at radius 3 is 2.89 bits per heavy atom. The van der Waals surface area contributed by atoms with Crippen molar-refractivity contribution < 1.29 is 4.74 Å². The summed E-state index contributed by atoms with van der Waals surface area (Å²) in [6, 6.07) is 8.37. The SMILES string of the molecule is CN(C)CCOCCNCc1c[nH]c2ccccc12. The number of nitrogens with one attached hydrogen (secondary N) is 2. The van der Waals surface area contributed by atoms with E-state index in [1.807, 2.05) is 0 Å². The molecule has 2 aromatic rings. The van der Waals surface area contributed by atoms with Crippen LogP contribution in [-0.2, 0) is 11.3 Å². The number of aromatic amines is 1. The number of rotatable bonds is 8. The van der Waals surface area contributed by atoms with Gasteiger partial charge in [-0.3, -0.25) is 0 Å². The standard InChI is InChI=1S/C15H23N3O/c1-18(2)8-10-19-9-7-16-11-13-12-17-15-6-4-3-5-14(13)15/h3-6,12,16-17H,7-11H2,1-2H3. The predicted octanol–water partition coefficient (Wildman–Crippen LogP) is 1.84. The molecule has 2 rings (SSSR count). The van der Waals surface area contributed by atoms with Gasteiger partial charge < -0.3 is 19.9 Å². The van der Waals surface area contributed by atoms with Crippen LogP contribution in [0, 0.1) is 0 Å². The molecule has 0 aliphatic rings. The molecule has 0 spiro atoms. The Hall–Kier alpha value is -1.36. The van der Waals surface area contributed by atoms with Crippen molar-refractivity contribution in [1.29, 1.82) is 0 Å². The molecule has 0 saturated carbocycles. The van der Waals surface area contributed by atoms with Crippen LogP contribution < -0.4 is 5.32 Å². The van der Waals surface area contributed by atoms with Gasteiger partial charge in [-0.1, -0.05) is 18.2 Å². The van der Waals surface area contributed by atoms with E-state index in [-0.39, 0.29) is 0 Å². The highest BCUT2D eigenvalue weighted by Crippen LogP contribution is 2.16. The first-order valence-corrected chi connectivity index (χ1v) is 6.75. The van der Waals surface area contributed by atoms with E-state index in [2.05, 4.69) is 59.8 Å². The fourth-order valence-electron chi connectivity index (χ4n) is 1.99. The lowest BCUT2D eigenvalue weighted by atomic mass is 10.2. The largest absolute Gasteiger partial charge is 0.379 e. The maximum absolute atomic E-state index is 5.54. The normalized spacial score (nSPS) is 11.5. The molecule has 104 valence electrons. The Balaban J connectivity index is 1.66. The van der Waals surface area contributed by atoms with Crippen molar-refractivity contribution >= 4 is 10.9 Å². The highest BCUT2D eigenvalue weighted by Gasteiger charge is 2.01. The lowest BCUT2D eigenvalue weighted by Gasteiger charge is -2.10. The second-order valence-electron chi connectivity index (χ2n) is 4.95. The lowest BCUT2D eigenvalue weighted by Crippen LogP contribution is -2.22. The van der Waals surface area contributed by atoms with Gasteiger partial charge in [0, 0.05) is 36.7 Å². The minimum absolute atomic E-state index is 0.760. The van der Waals surface area contributed by atoms with Crippen molar-refractivity contribution in [2.45, 2.75) is 6.54 Å². The molecule has 1 aromatic carbocycles. The molecule has 1 heterocycles. The van der Waals surface area contributed by atoms with Gasteiger partial charge in [-0.2, -0.15) is 0 Å². The summed E-state index contributed by atoms with van der Waals surface area (Å²) in [5.41, 5.74) is 2.51. The fourth-order valence-corrected chi connectivity index (χ4v) is 1.99. The Morgan fingerprint density at radius 1 is 1.21 bits per heavy atom.